The summed E-state index contributed by atoms with van der Waals surface area (Å²) in [6, 6.07) is 37.9. The fraction of sp³-hybridized carbons (Fsp3) is 0.250. The number of thiazole rings is 2. The van der Waals surface area contributed by atoms with Gasteiger partial charge in [-0.3, -0.25) is 34.7 Å². The Morgan fingerprint density at radius 2 is 1.04 bits per heavy atom. The number of carbonyl (C=O) groups is 4. The fourth-order valence-electron chi connectivity index (χ4n) is 8.01. The Bertz CT molecular complexity index is 3190. The number of aliphatic carboxylic acids is 1. The Morgan fingerprint density at radius 3 is 1.46 bits per heavy atom. The van der Waals surface area contributed by atoms with Crippen LogP contribution in [0.2, 0.25) is 0 Å². The zero-order chi connectivity index (χ0) is 56.3. The first-order chi connectivity index (χ1) is 37.5. The SMILES string of the molecule is CC(=O)N(C)[C@@H](Cc1ccccc1)C(=O)N(C)[C@@H](Cc1ccc([N+](=O)[O-])cc1)c1csc(-c2cccs2)n1.CN[C@@H](Cc1ccc([N+](=O)[O-])cc1)c1csc(-c2cccs2)n1.COC(=O)N(C)[C@@H](Cc1ccccc1)C(=O)O. The monoisotopic (exact) mass is 1130 g/mol. The number of nitro groups is 2. The summed E-state index contributed by atoms with van der Waals surface area (Å²) in [6.07, 6.45) is 1.12. The predicted octanol–water partition coefficient (Wildman–Crippen LogP) is 11.3. The van der Waals surface area contributed by atoms with Gasteiger partial charge in [-0.2, -0.15) is 0 Å². The van der Waals surface area contributed by atoms with Crippen LogP contribution in [0.3, 0.4) is 0 Å². The normalized spacial score (nSPS) is 12.2. The molecule has 8 aromatic rings. The van der Waals surface area contributed by atoms with Gasteiger partial charge in [0, 0.05) is 75.9 Å². The smallest absolute Gasteiger partial charge is 0.409 e. The molecule has 0 unspecified atom stereocenters. The second-order valence-electron chi connectivity index (χ2n) is 17.6. The van der Waals surface area contributed by atoms with Gasteiger partial charge in [0.25, 0.3) is 11.4 Å². The fourth-order valence-corrected chi connectivity index (χ4v) is 11.4. The number of nitro benzene ring substituents is 2. The van der Waals surface area contributed by atoms with Crippen LogP contribution in [-0.4, -0.2) is 111 Å². The van der Waals surface area contributed by atoms with Crippen LogP contribution in [0.25, 0.3) is 19.8 Å². The number of aromatic nitrogens is 2. The van der Waals surface area contributed by atoms with Crippen LogP contribution in [0.1, 0.15) is 52.6 Å². The number of rotatable bonds is 20. The largest absolute Gasteiger partial charge is 0.480 e. The highest BCUT2D eigenvalue weighted by molar-refractivity contribution is 7.20. The Labute approximate surface area is 467 Å². The summed E-state index contributed by atoms with van der Waals surface area (Å²) in [5, 5.41) is 44.2. The van der Waals surface area contributed by atoms with E-state index in [2.05, 4.69) is 21.5 Å². The lowest BCUT2D eigenvalue weighted by molar-refractivity contribution is -0.385. The average molecular weight is 1130 g/mol. The highest BCUT2D eigenvalue weighted by atomic mass is 32.1. The predicted molar refractivity (Wildman–Crippen MR) is 306 cm³/mol. The maximum Gasteiger partial charge on any atom is 0.409 e. The van der Waals surface area contributed by atoms with E-state index >= 15 is 0 Å². The molecule has 18 nitrogen and oxygen atoms in total. The Hall–Kier alpha value is -8.02. The van der Waals surface area contributed by atoms with Crippen molar-refractivity contribution in [3.05, 3.63) is 209 Å². The van der Waals surface area contributed by atoms with Crippen LogP contribution in [0, 0.1) is 20.2 Å². The van der Waals surface area contributed by atoms with E-state index in [4.69, 9.17) is 15.1 Å². The first-order valence-corrected chi connectivity index (χ1v) is 27.7. The number of nitrogens with zero attached hydrogens (tertiary/aromatic N) is 7. The van der Waals surface area contributed by atoms with Crippen molar-refractivity contribution < 1.29 is 38.9 Å². The lowest BCUT2D eigenvalue weighted by atomic mass is 9.99. The van der Waals surface area contributed by atoms with E-state index in [1.807, 2.05) is 102 Å². The molecular formula is C56H58N8O10S4. The van der Waals surface area contributed by atoms with Crippen LogP contribution in [-0.2, 0) is 44.8 Å². The number of carbonyl (C=O) groups excluding carboxylic acids is 3. The summed E-state index contributed by atoms with van der Waals surface area (Å²) in [5.41, 5.74) is 5.54. The minimum Gasteiger partial charge on any atom is -0.480 e. The van der Waals surface area contributed by atoms with E-state index in [-0.39, 0.29) is 40.6 Å². The Morgan fingerprint density at radius 1 is 0.590 bits per heavy atom. The van der Waals surface area contributed by atoms with Crippen LogP contribution >= 0.6 is 45.3 Å². The summed E-state index contributed by atoms with van der Waals surface area (Å²) < 4.78 is 4.50. The van der Waals surface area contributed by atoms with Crippen molar-refractivity contribution in [1.29, 1.82) is 0 Å². The molecule has 78 heavy (non-hydrogen) atoms. The van der Waals surface area contributed by atoms with Crippen LogP contribution in [0.15, 0.2) is 155 Å². The molecule has 0 saturated carbocycles. The van der Waals surface area contributed by atoms with Gasteiger partial charge in [-0.15, -0.1) is 45.3 Å². The van der Waals surface area contributed by atoms with E-state index in [9.17, 15) is 39.4 Å². The van der Waals surface area contributed by atoms with E-state index < -0.39 is 35.1 Å². The molecule has 22 heteroatoms. The topological polar surface area (TPSA) is 232 Å². The number of hydrogen-bond donors (Lipinski definition) is 2. The van der Waals surface area contributed by atoms with E-state index in [1.165, 1.54) is 54.3 Å². The molecule has 0 bridgehead atoms. The van der Waals surface area contributed by atoms with E-state index in [0.29, 0.717) is 12.8 Å². The summed E-state index contributed by atoms with van der Waals surface area (Å²) in [7, 11) is 7.91. The van der Waals surface area contributed by atoms with Gasteiger partial charge in [0.1, 0.15) is 22.1 Å². The van der Waals surface area contributed by atoms with Crippen molar-refractivity contribution in [3.63, 3.8) is 0 Å². The molecule has 8 rings (SSSR count). The molecule has 4 aromatic carbocycles. The quantitative estimate of drug-likeness (QED) is 0.0535. The number of nitrogens with one attached hydrogen (secondary N) is 1. The zero-order valence-corrected chi connectivity index (χ0v) is 46.8. The maximum absolute atomic E-state index is 14.0. The molecule has 406 valence electrons. The molecule has 4 heterocycles. The van der Waals surface area contributed by atoms with E-state index in [1.54, 1.807) is 89.4 Å². The highest BCUT2D eigenvalue weighted by Gasteiger charge is 2.34. The molecule has 4 atom stereocenters. The van der Waals surface area contributed by atoms with Gasteiger partial charge in [-0.1, -0.05) is 97.1 Å². The van der Waals surface area contributed by atoms with Crippen molar-refractivity contribution in [3.8, 4) is 19.8 Å². The zero-order valence-electron chi connectivity index (χ0n) is 43.5. The van der Waals surface area contributed by atoms with Crippen molar-refractivity contribution in [2.45, 2.75) is 56.8 Å². The number of likely N-dealkylation sites (N-methyl/N-ethyl adjacent to an activating group) is 4. The Balaban J connectivity index is 0.000000208. The second kappa shape index (κ2) is 28.9. The van der Waals surface area contributed by atoms with Crippen molar-refractivity contribution >= 4 is 80.6 Å². The average Bonchev–Trinajstić information content (AvgIpc) is 4.33. The molecule has 0 aliphatic rings. The molecule has 0 aliphatic carbocycles. The molecular weight excluding hydrogens is 1070 g/mol. The van der Waals surface area contributed by atoms with Gasteiger partial charge in [0.05, 0.1) is 50.2 Å². The van der Waals surface area contributed by atoms with Crippen molar-refractivity contribution in [2.75, 3.05) is 35.3 Å². The molecule has 0 aliphatic heterocycles. The first-order valence-electron chi connectivity index (χ1n) is 24.2. The van der Waals surface area contributed by atoms with Gasteiger partial charge in [-0.05, 0) is 65.0 Å². The molecule has 3 amide bonds. The summed E-state index contributed by atoms with van der Waals surface area (Å²) >= 11 is 6.43. The molecule has 0 fully saturated rings. The number of benzene rings is 4. The number of amides is 3. The minimum absolute atomic E-state index is 0.00868. The number of ether oxygens (including phenoxy) is 1. The van der Waals surface area contributed by atoms with Gasteiger partial charge >= 0.3 is 12.1 Å². The standard InChI is InChI=1S/C28H28N4O4S2.C16H15N3O2S2.C12H15NO4/c1-19(33)30(2)25(17-20-8-5-4-6-9-20)28(34)31(3)24(16-21-11-13-22(14-12-21)32(35)36)23-18-38-27(29-23)26-10-7-15-37-26;1-17-13(9-11-4-6-12(7-5-11)19(20)21)14-10-23-16(18-14)15-3-2-8-22-15;1-13(12(16)17-2)10(11(14)15)8-9-6-4-3-5-7-9/h4-15,18,24-25H,16-17H2,1-3H3;2-8,10,13,17H,9H2,1H3;3-7,10H,8H2,1-2H3,(H,14,15)/t24-,25-;13-;10-/m000/s1. The lowest BCUT2D eigenvalue weighted by Gasteiger charge is -2.34. The number of thiophene rings is 2. The molecule has 4 aromatic heterocycles. The van der Waals surface area contributed by atoms with Gasteiger partial charge in [-0.25, -0.2) is 19.6 Å². The number of methoxy groups -OCH3 is 1. The van der Waals surface area contributed by atoms with Gasteiger partial charge in [0.15, 0.2) is 0 Å². The number of carboxylic acid groups (broad SMARTS) is 1. The Kier molecular flexibility index (Phi) is 22.0. The van der Waals surface area contributed by atoms with Crippen molar-refractivity contribution in [1.82, 2.24) is 30.0 Å². The summed E-state index contributed by atoms with van der Waals surface area (Å²) in [6.45, 7) is 1.45. The maximum atomic E-state index is 14.0. The second-order valence-corrected chi connectivity index (χ2v) is 21.2. The first kappa shape index (κ1) is 59.2. The number of non-ortho nitro benzene ring substituents is 2. The minimum atomic E-state index is -1.05. The third kappa shape index (κ3) is 16.5. The molecule has 0 radical (unpaired) electrons. The third-order valence-corrected chi connectivity index (χ3v) is 16.3. The van der Waals surface area contributed by atoms with Gasteiger partial charge in [0.2, 0.25) is 11.8 Å². The molecule has 0 saturated heterocycles. The van der Waals surface area contributed by atoms with Crippen LogP contribution in [0.4, 0.5) is 16.2 Å². The number of hydrogen-bond acceptors (Lipinski definition) is 16. The lowest BCUT2D eigenvalue weighted by Crippen LogP contribution is -2.50. The van der Waals surface area contributed by atoms with E-state index in [0.717, 1.165) is 59.9 Å². The summed E-state index contributed by atoms with van der Waals surface area (Å²) in [5.74, 6) is -1.46. The molecule has 0 spiro atoms. The van der Waals surface area contributed by atoms with Crippen LogP contribution in [0.5, 0.6) is 0 Å². The summed E-state index contributed by atoms with van der Waals surface area (Å²) in [4.78, 5) is 85.8. The number of carboxylic acids is 1. The van der Waals surface area contributed by atoms with Crippen molar-refractivity contribution in [2.24, 2.45) is 0 Å². The molecule has 2 N–H and O–H groups in total. The third-order valence-electron chi connectivity index (χ3n) is 12.5. The van der Waals surface area contributed by atoms with Crippen LogP contribution < -0.4 is 5.32 Å². The van der Waals surface area contributed by atoms with Gasteiger partial charge < -0.3 is 25.0 Å². The highest BCUT2D eigenvalue weighted by Crippen LogP contribution is 2.34.